The molecular weight excluding hydrogens is 267 g/mol. The molecule has 0 bridgehead atoms. The fourth-order valence-electron chi connectivity index (χ4n) is 1.87. The normalized spacial score (nSPS) is 11.4. The number of ether oxygens (including phenoxy) is 1. The Bertz CT molecular complexity index is 608. The molecule has 0 fully saturated rings. The van der Waals surface area contributed by atoms with Crippen LogP contribution in [0.1, 0.15) is 18.1 Å². The van der Waals surface area contributed by atoms with Crippen molar-refractivity contribution in [1.82, 2.24) is 0 Å². The summed E-state index contributed by atoms with van der Waals surface area (Å²) < 4.78 is 43.7. The van der Waals surface area contributed by atoms with Gasteiger partial charge in [0.1, 0.15) is 11.5 Å². The summed E-state index contributed by atoms with van der Waals surface area (Å²) in [5.41, 5.74) is 5.62. The topological polar surface area (TPSA) is 35.2 Å². The highest BCUT2D eigenvalue weighted by molar-refractivity contribution is 5.50. The lowest BCUT2D eigenvalue weighted by atomic mass is 10.1. The molecule has 0 heterocycles. The fourth-order valence-corrected chi connectivity index (χ4v) is 1.87. The number of anilines is 1. The number of alkyl halides is 3. The molecule has 0 aliphatic heterocycles. The number of aryl methyl sites for hydroxylation is 1. The molecule has 2 nitrogen and oxygen atoms in total. The molecule has 0 amide bonds. The van der Waals surface area contributed by atoms with Crippen LogP contribution in [0.25, 0.3) is 0 Å². The smallest absolute Gasteiger partial charge is 0.416 e. The Hall–Kier alpha value is -2.17. The summed E-state index contributed by atoms with van der Waals surface area (Å²) in [5.74, 6) is 0.618. The molecule has 2 rings (SSSR count). The average molecular weight is 281 g/mol. The van der Waals surface area contributed by atoms with Crippen molar-refractivity contribution in [1.29, 1.82) is 0 Å². The lowest BCUT2D eigenvalue weighted by Crippen LogP contribution is -2.06. The number of nitrogens with two attached hydrogens (primary N) is 1. The number of rotatable bonds is 3. The van der Waals surface area contributed by atoms with Crippen molar-refractivity contribution in [2.75, 3.05) is 5.73 Å². The van der Waals surface area contributed by atoms with Gasteiger partial charge in [0.2, 0.25) is 0 Å². The molecule has 0 atom stereocenters. The molecule has 0 saturated heterocycles. The van der Waals surface area contributed by atoms with E-state index in [-0.39, 0.29) is 11.4 Å². The molecule has 0 unspecified atom stereocenters. The van der Waals surface area contributed by atoms with Crippen LogP contribution in [0.5, 0.6) is 11.5 Å². The van der Waals surface area contributed by atoms with Crippen molar-refractivity contribution >= 4 is 5.69 Å². The van der Waals surface area contributed by atoms with Crippen molar-refractivity contribution < 1.29 is 17.9 Å². The monoisotopic (exact) mass is 281 g/mol. The SMILES string of the molecule is CCc1ccccc1Oc1cc(N)cc(C(F)(F)F)c1. The van der Waals surface area contributed by atoms with Gasteiger partial charge in [-0.2, -0.15) is 13.2 Å². The summed E-state index contributed by atoms with van der Waals surface area (Å²) in [7, 11) is 0. The van der Waals surface area contributed by atoms with E-state index >= 15 is 0 Å². The molecule has 0 radical (unpaired) electrons. The second kappa shape index (κ2) is 5.45. The van der Waals surface area contributed by atoms with Gasteiger partial charge in [-0.15, -0.1) is 0 Å². The van der Waals surface area contributed by atoms with Crippen LogP contribution in [0, 0.1) is 0 Å². The quantitative estimate of drug-likeness (QED) is 0.832. The molecular formula is C15H14F3NO. The second-order valence-corrected chi connectivity index (χ2v) is 4.35. The van der Waals surface area contributed by atoms with Crippen molar-refractivity contribution in [3.63, 3.8) is 0 Å². The lowest BCUT2D eigenvalue weighted by molar-refractivity contribution is -0.137. The third kappa shape index (κ3) is 3.23. The highest BCUT2D eigenvalue weighted by atomic mass is 19.4. The number of nitrogen functional groups attached to an aromatic ring is 1. The van der Waals surface area contributed by atoms with E-state index in [0.29, 0.717) is 5.75 Å². The van der Waals surface area contributed by atoms with Crippen molar-refractivity contribution in [3.8, 4) is 11.5 Å². The third-order valence-electron chi connectivity index (χ3n) is 2.84. The Morgan fingerprint density at radius 1 is 1.10 bits per heavy atom. The van der Waals surface area contributed by atoms with Gasteiger partial charge in [0, 0.05) is 11.8 Å². The van der Waals surface area contributed by atoms with Crippen LogP contribution in [-0.4, -0.2) is 0 Å². The van der Waals surface area contributed by atoms with Gasteiger partial charge in [-0.05, 0) is 30.2 Å². The van der Waals surface area contributed by atoms with Crippen LogP contribution in [0.15, 0.2) is 42.5 Å². The summed E-state index contributed by atoms with van der Waals surface area (Å²) in [6, 6.07) is 10.4. The van der Waals surface area contributed by atoms with Crippen molar-refractivity contribution in [3.05, 3.63) is 53.6 Å². The minimum absolute atomic E-state index is 0.0174. The largest absolute Gasteiger partial charge is 0.457 e. The Morgan fingerprint density at radius 3 is 2.45 bits per heavy atom. The minimum atomic E-state index is -4.45. The van der Waals surface area contributed by atoms with Gasteiger partial charge in [0.15, 0.2) is 0 Å². The van der Waals surface area contributed by atoms with E-state index in [2.05, 4.69) is 0 Å². The van der Waals surface area contributed by atoms with E-state index in [9.17, 15) is 13.2 Å². The zero-order valence-corrected chi connectivity index (χ0v) is 10.9. The maximum absolute atomic E-state index is 12.7. The molecule has 0 saturated carbocycles. The molecule has 2 aromatic carbocycles. The Morgan fingerprint density at radius 2 is 1.80 bits per heavy atom. The van der Waals surface area contributed by atoms with Gasteiger partial charge in [-0.1, -0.05) is 25.1 Å². The highest BCUT2D eigenvalue weighted by Crippen LogP contribution is 2.35. The first-order chi connectivity index (χ1) is 9.40. The van der Waals surface area contributed by atoms with E-state index < -0.39 is 11.7 Å². The van der Waals surface area contributed by atoms with Crippen LogP contribution < -0.4 is 10.5 Å². The number of benzene rings is 2. The Balaban J connectivity index is 2.36. The van der Waals surface area contributed by atoms with Crippen LogP contribution in [0.4, 0.5) is 18.9 Å². The first-order valence-corrected chi connectivity index (χ1v) is 6.13. The van der Waals surface area contributed by atoms with Gasteiger partial charge < -0.3 is 10.5 Å². The van der Waals surface area contributed by atoms with Crippen molar-refractivity contribution in [2.24, 2.45) is 0 Å². The third-order valence-corrected chi connectivity index (χ3v) is 2.84. The zero-order valence-electron chi connectivity index (χ0n) is 10.9. The number of hydrogen-bond donors (Lipinski definition) is 1. The molecule has 106 valence electrons. The summed E-state index contributed by atoms with van der Waals surface area (Å²) in [6.45, 7) is 1.95. The molecule has 0 aliphatic carbocycles. The minimum Gasteiger partial charge on any atom is -0.457 e. The fraction of sp³-hybridized carbons (Fsp3) is 0.200. The van der Waals surface area contributed by atoms with Crippen LogP contribution in [0.2, 0.25) is 0 Å². The predicted octanol–water partition coefficient (Wildman–Crippen LogP) is 4.64. The maximum Gasteiger partial charge on any atom is 0.416 e. The molecule has 0 spiro atoms. The van der Waals surface area contributed by atoms with Gasteiger partial charge in [-0.25, -0.2) is 0 Å². The van der Waals surface area contributed by atoms with Gasteiger partial charge >= 0.3 is 6.18 Å². The number of hydrogen-bond acceptors (Lipinski definition) is 2. The van der Waals surface area contributed by atoms with E-state index in [4.69, 9.17) is 10.5 Å². The van der Waals surface area contributed by atoms with Gasteiger partial charge in [-0.3, -0.25) is 0 Å². The van der Waals surface area contributed by atoms with E-state index in [1.54, 1.807) is 12.1 Å². The molecule has 0 aromatic heterocycles. The summed E-state index contributed by atoms with van der Waals surface area (Å²) in [5, 5.41) is 0. The van der Waals surface area contributed by atoms with Crippen LogP contribution in [0.3, 0.4) is 0 Å². The highest BCUT2D eigenvalue weighted by Gasteiger charge is 2.31. The van der Waals surface area contributed by atoms with Gasteiger partial charge in [0.05, 0.1) is 5.56 Å². The van der Waals surface area contributed by atoms with E-state index in [1.165, 1.54) is 6.07 Å². The lowest BCUT2D eigenvalue weighted by Gasteiger charge is -2.13. The molecule has 2 N–H and O–H groups in total. The Labute approximate surface area is 115 Å². The van der Waals surface area contributed by atoms with Crippen LogP contribution in [-0.2, 0) is 12.6 Å². The summed E-state index contributed by atoms with van der Waals surface area (Å²) >= 11 is 0. The van der Waals surface area contributed by atoms with E-state index in [0.717, 1.165) is 24.1 Å². The Kier molecular flexibility index (Phi) is 3.88. The first-order valence-electron chi connectivity index (χ1n) is 6.13. The zero-order chi connectivity index (χ0) is 14.8. The molecule has 20 heavy (non-hydrogen) atoms. The van der Waals surface area contributed by atoms with Crippen LogP contribution >= 0.6 is 0 Å². The number of para-hydroxylation sites is 1. The average Bonchev–Trinajstić information content (AvgIpc) is 2.37. The maximum atomic E-state index is 12.7. The summed E-state index contributed by atoms with van der Waals surface area (Å²) in [6.07, 6.45) is -3.72. The summed E-state index contributed by atoms with van der Waals surface area (Å²) in [4.78, 5) is 0. The van der Waals surface area contributed by atoms with E-state index in [1.807, 2.05) is 19.1 Å². The number of halogens is 3. The standard InChI is InChI=1S/C15H14F3NO/c1-2-10-5-3-4-6-14(10)20-13-8-11(15(16,17)18)7-12(19)9-13/h3-9H,2,19H2,1H3. The second-order valence-electron chi connectivity index (χ2n) is 4.35. The predicted molar refractivity (Wildman–Crippen MR) is 71.8 cm³/mol. The van der Waals surface area contributed by atoms with Gasteiger partial charge in [0.25, 0.3) is 0 Å². The molecule has 2 aromatic rings. The molecule has 0 aliphatic rings. The molecule has 5 heteroatoms. The first kappa shape index (κ1) is 14.2. The van der Waals surface area contributed by atoms with Crippen molar-refractivity contribution in [2.45, 2.75) is 19.5 Å².